The molecule has 0 unspecified atom stereocenters. The van der Waals surface area contributed by atoms with Crippen LogP contribution in [0.2, 0.25) is 0 Å². The largest absolute Gasteiger partial charge is 0.476 e. The molecule has 7 heteroatoms. The van der Waals surface area contributed by atoms with Gasteiger partial charge in [-0.25, -0.2) is 14.4 Å². The summed E-state index contributed by atoms with van der Waals surface area (Å²) in [5.74, 6) is 0.413. The standard InChI is InChI=1S/C20H23FN4O2/c1-2-7-24-8-9-25(18-10-15(21)5-6-17(18)24)20(26)16-11-23-19(12-22-16)27-13-14-3-4-14/h5-6,10-12,14H,2-4,7-9,13H2,1H3. The summed E-state index contributed by atoms with van der Waals surface area (Å²) < 4.78 is 19.4. The molecule has 142 valence electrons. The first-order valence-corrected chi connectivity index (χ1v) is 9.47. The number of anilines is 2. The third kappa shape index (κ3) is 3.86. The zero-order valence-corrected chi connectivity index (χ0v) is 15.4. The quantitative estimate of drug-likeness (QED) is 0.781. The van der Waals surface area contributed by atoms with Crippen LogP contribution in [0.1, 0.15) is 36.7 Å². The number of aromatic nitrogens is 2. The van der Waals surface area contributed by atoms with Crippen LogP contribution < -0.4 is 14.5 Å². The highest BCUT2D eigenvalue weighted by Crippen LogP contribution is 2.34. The van der Waals surface area contributed by atoms with E-state index in [9.17, 15) is 9.18 Å². The smallest absolute Gasteiger partial charge is 0.278 e. The molecule has 0 bridgehead atoms. The predicted molar refractivity (Wildman–Crippen MR) is 101 cm³/mol. The van der Waals surface area contributed by atoms with E-state index in [1.165, 1.54) is 37.4 Å². The molecule has 2 aliphatic rings. The van der Waals surface area contributed by atoms with Crippen molar-refractivity contribution in [1.82, 2.24) is 9.97 Å². The molecule has 1 saturated carbocycles. The molecule has 2 aromatic rings. The molecule has 1 aliphatic carbocycles. The molecule has 1 fully saturated rings. The van der Waals surface area contributed by atoms with E-state index in [0.29, 0.717) is 37.2 Å². The third-order valence-corrected chi connectivity index (χ3v) is 4.91. The van der Waals surface area contributed by atoms with Crippen LogP contribution in [0.15, 0.2) is 30.6 Å². The van der Waals surface area contributed by atoms with E-state index in [4.69, 9.17) is 4.74 Å². The predicted octanol–water partition coefficient (Wildman–Crippen LogP) is 3.28. The van der Waals surface area contributed by atoms with Gasteiger partial charge in [0.15, 0.2) is 0 Å². The van der Waals surface area contributed by atoms with Crippen LogP contribution in [0.3, 0.4) is 0 Å². The van der Waals surface area contributed by atoms with E-state index in [0.717, 1.165) is 18.7 Å². The fourth-order valence-electron chi connectivity index (χ4n) is 3.28. The van der Waals surface area contributed by atoms with Crippen LogP contribution in [0, 0.1) is 11.7 Å². The van der Waals surface area contributed by atoms with Crippen LogP contribution in [0.5, 0.6) is 5.88 Å². The SMILES string of the molecule is CCCN1CCN(C(=O)c2cnc(OCC3CC3)cn2)c2cc(F)ccc21. The van der Waals surface area contributed by atoms with E-state index >= 15 is 0 Å². The number of fused-ring (bicyclic) bond motifs is 1. The molecule has 1 aromatic heterocycles. The molecule has 4 rings (SSSR count). The first kappa shape index (κ1) is 17.7. The molecule has 0 atom stereocenters. The monoisotopic (exact) mass is 370 g/mol. The van der Waals surface area contributed by atoms with Crippen molar-refractivity contribution in [3.63, 3.8) is 0 Å². The maximum Gasteiger partial charge on any atom is 0.278 e. The summed E-state index contributed by atoms with van der Waals surface area (Å²) in [5, 5.41) is 0. The molecule has 1 aromatic carbocycles. The van der Waals surface area contributed by atoms with Crippen molar-refractivity contribution in [3.05, 3.63) is 42.1 Å². The van der Waals surface area contributed by atoms with Gasteiger partial charge < -0.3 is 14.5 Å². The average molecular weight is 370 g/mol. The maximum atomic E-state index is 13.9. The maximum absolute atomic E-state index is 13.9. The average Bonchev–Trinajstić information content (AvgIpc) is 3.51. The second kappa shape index (κ2) is 7.50. The van der Waals surface area contributed by atoms with Gasteiger partial charge >= 0.3 is 0 Å². The Kier molecular flexibility index (Phi) is 4.92. The summed E-state index contributed by atoms with van der Waals surface area (Å²) in [7, 11) is 0. The molecular weight excluding hydrogens is 347 g/mol. The van der Waals surface area contributed by atoms with E-state index in [1.54, 1.807) is 11.0 Å². The van der Waals surface area contributed by atoms with E-state index in [-0.39, 0.29) is 17.4 Å². The van der Waals surface area contributed by atoms with E-state index in [2.05, 4.69) is 21.8 Å². The Morgan fingerprint density at radius 1 is 1.22 bits per heavy atom. The molecule has 2 heterocycles. The molecule has 27 heavy (non-hydrogen) atoms. The number of rotatable bonds is 6. The Balaban J connectivity index is 1.54. The second-order valence-corrected chi connectivity index (χ2v) is 7.07. The fourth-order valence-corrected chi connectivity index (χ4v) is 3.28. The summed E-state index contributed by atoms with van der Waals surface area (Å²) in [4.78, 5) is 25.1. The van der Waals surface area contributed by atoms with Gasteiger partial charge in [0.1, 0.15) is 11.5 Å². The van der Waals surface area contributed by atoms with Crippen LogP contribution in [-0.2, 0) is 0 Å². The highest BCUT2D eigenvalue weighted by molar-refractivity contribution is 6.07. The highest BCUT2D eigenvalue weighted by Gasteiger charge is 2.28. The number of amides is 1. The van der Waals surface area contributed by atoms with Crippen LogP contribution in [-0.4, -0.2) is 42.1 Å². The van der Waals surface area contributed by atoms with Gasteiger partial charge in [0, 0.05) is 19.6 Å². The molecule has 0 saturated heterocycles. The summed E-state index contributed by atoms with van der Waals surface area (Å²) >= 11 is 0. The lowest BCUT2D eigenvalue weighted by Gasteiger charge is -2.37. The number of ether oxygens (including phenoxy) is 1. The van der Waals surface area contributed by atoms with Gasteiger partial charge in [0.2, 0.25) is 5.88 Å². The van der Waals surface area contributed by atoms with Crippen molar-refractivity contribution in [2.75, 3.05) is 36.0 Å². The molecule has 1 amide bonds. The van der Waals surface area contributed by atoms with Gasteiger partial charge in [0.25, 0.3) is 5.91 Å². The first-order chi connectivity index (χ1) is 13.2. The van der Waals surface area contributed by atoms with Crippen molar-refractivity contribution < 1.29 is 13.9 Å². The number of nitrogens with zero attached hydrogens (tertiary/aromatic N) is 4. The second-order valence-electron chi connectivity index (χ2n) is 7.07. The normalized spacial score (nSPS) is 16.2. The van der Waals surface area contributed by atoms with Crippen LogP contribution in [0.4, 0.5) is 15.8 Å². The molecular formula is C20H23FN4O2. The molecule has 1 aliphatic heterocycles. The minimum absolute atomic E-state index is 0.230. The topological polar surface area (TPSA) is 58.6 Å². The number of carbonyl (C=O) groups excluding carboxylic acids is 1. The summed E-state index contributed by atoms with van der Waals surface area (Å²) in [6.07, 6.45) is 6.30. The van der Waals surface area contributed by atoms with Crippen LogP contribution in [0.25, 0.3) is 0 Å². The van der Waals surface area contributed by atoms with Gasteiger partial charge in [-0.15, -0.1) is 0 Å². The lowest BCUT2D eigenvalue weighted by molar-refractivity contribution is 0.0981. The van der Waals surface area contributed by atoms with E-state index in [1.807, 2.05) is 0 Å². The molecule has 0 spiro atoms. The Labute approximate surface area is 158 Å². The summed E-state index contributed by atoms with van der Waals surface area (Å²) in [5.41, 5.74) is 1.68. The van der Waals surface area contributed by atoms with Crippen molar-refractivity contribution in [1.29, 1.82) is 0 Å². The number of hydrogen-bond donors (Lipinski definition) is 0. The number of hydrogen-bond acceptors (Lipinski definition) is 5. The van der Waals surface area contributed by atoms with Crippen molar-refractivity contribution >= 4 is 17.3 Å². The van der Waals surface area contributed by atoms with Crippen molar-refractivity contribution in [3.8, 4) is 5.88 Å². The number of halogens is 1. The Hall–Kier alpha value is -2.70. The van der Waals surface area contributed by atoms with Gasteiger partial charge in [-0.2, -0.15) is 0 Å². The molecule has 0 radical (unpaired) electrons. The zero-order chi connectivity index (χ0) is 18.8. The zero-order valence-electron chi connectivity index (χ0n) is 15.4. The molecule has 6 nitrogen and oxygen atoms in total. The lowest BCUT2D eigenvalue weighted by Crippen LogP contribution is -2.44. The van der Waals surface area contributed by atoms with Crippen molar-refractivity contribution in [2.45, 2.75) is 26.2 Å². The molecule has 0 N–H and O–H groups in total. The Morgan fingerprint density at radius 3 is 2.78 bits per heavy atom. The first-order valence-electron chi connectivity index (χ1n) is 9.47. The lowest BCUT2D eigenvalue weighted by atomic mass is 10.1. The van der Waals surface area contributed by atoms with Gasteiger partial charge in [-0.1, -0.05) is 6.92 Å². The van der Waals surface area contributed by atoms with Gasteiger partial charge in [-0.05, 0) is 43.4 Å². The summed E-state index contributed by atoms with van der Waals surface area (Å²) in [6, 6.07) is 4.58. The Bertz CT molecular complexity index is 823. The Morgan fingerprint density at radius 2 is 2.07 bits per heavy atom. The van der Waals surface area contributed by atoms with Crippen LogP contribution >= 0.6 is 0 Å². The number of benzene rings is 1. The van der Waals surface area contributed by atoms with Gasteiger partial charge in [0.05, 0.1) is 30.4 Å². The third-order valence-electron chi connectivity index (χ3n) is 4.91. The highest BCUT2D eigenvalue weighted by atomic mass is 19.1. The fraction of sp³-hybridized carbons (Fsp3) is 0.450. The summed E-state index contributed by atoms with van der Waals surface area (Å²) in [6.45, 7) is 4.80. The van der Waals surface area contributed by atoms with Crippen molar-refractivity contribution in [2.24, 2.45) is 5.92 Å². The number of carbonyl (C=O) groups is 1. The van der Waals surface area contributed by atoms with E-state index < -0.39 is 0 Å². The minimum atomic E-state index is -0.361. The minimum Gasteiger partial charge on any atom is -0.476 e. The van der Waals surface area contributed by atoms with Gasteiger partial charge in [-0.3, -0.25) is 4.79 Å².